The Morgan fingerprint density at radius 3 is 2.15 bits per heavy atom. The SMILES string of the molecule is C=CC.CCOC(=O)CC/C=C/CCc1ccc(-c2ccccc2)cc1. The second-order valence-corrected chi connectivity index (χ2v) is 5.82. The van der Waals surface area contributed by atoms with Crippen LogP contribution in [-0.4, -0.2) is 12.6 Å². The molecule has 0 amide bonds. The molecule has 0 aliphatic carbocycles. The van der Waals surface area contributed by atoms with E-state index in [0.29, 0.717) is 13.0 Å². The predicted molar refractivity (Wildman–Crippen MR) is 111 cm³/mol. The fourth-order valence-electron chi connectivity index (χ4n) is 2.41. The molecule has 0 spiro atoms. The van der Waals surface area contributed by atoms with Gasteiger partial charge in [-0.15, -0.1) is 6.58 Å². The molecule has 0 N–H and O–H groups in total. The van der Waals surface area contributed by atoms with Gasteiger partial charge in [-0.25, -0.2) is 0 Å². The van der Waals surface area contributed by atoms with Crippen molar-refractivity contribution < 1.29 is 9.53 Å². The zero-order chi connectivity index (χ0) is 19.0. The van der Waals surface area contributed by atoms with Gasteiger partial charge < -0.3 is 4.74 Å². The van der Waals surface area contributed by atoms with Crippen molar-refractivity contribution in [2.45, 2.75) is 39.5 Å². The minimum atomic E-state index is -0.117. The largest absolute Gasteiger partial charge is 0.466 e. The molecule has 2 heteroatoms. The number of hydrogen-bond donors (Lipinski definition) is 0. The average molecular weight is 351 g/mol. The molecule has 0 aliphatic heterocycles. The van der Waals surface area contributed by atoms with Gasteiger partial charge in [-0.2, -0.15) is 0 Å². The predicted octanol–water partition coefficient (Wildman–Crippen LogP) is 6.38. The normalized spacial score (nSPS) is 10.1. The summed E-state index contributed by atoms with van der Waals surface area (Å²) in [7, 11) is 0. The number of esters is 1. The molecule has 2 nitrogen and oxygen atoms in total. The van der Waals surface area contributed by atoms with Gasteiger partial charge in [-0.3, -0.25) is 4.79 Å². The quantitative estimate of drug-likeness (QED) is 0.408. The lowest BCUT2D eigenvalue weighted by atomic mass is 10.0. The Balaban J connectivity index is 0.00000105. The van der Waals surface area contributed by atoms with Crippen LogP contribution < -0.4 is 0 Å². The van der Waals surface area contributed by atoms with Crippen LogP contribution in [0.1, 0.15) is 38.7 Å². The maximum atomic E-state index is 11.2. The lowest BCUT2D eigenvalue weighted by molar-refractivity contribution is -0.142. The van der Waals surface area contributed by atoms with E-state index in [0.717, 1.165) is 19.3 Å². The first kappa shape index (κ1) is 21.4. The Kier molecular flexibility index (Phi) is 11.3. The number of benzene rings is 2. The van der Waals surface area contributed by atoms with Crippen molar-refractivity contribution >= 4 is 5.97 Å². The summed E-state index contributed by atoms with van der Waals surface area (Å²) in [5.74, 6) is -0.117. The zero-order valence-corrected chi connectivity index (χ0v) is 16.0. The Morgan fingerprint density at radius 2 is 1.54 bits per heavy atom. The molecule has 2 aromatic carbocycles. The molecule has 138 valence electrons. The van der Waals surface area contributed by atoms with Gasteiger partial charge in [-0.05, 0) is 49.8 Å². The van der Waals surface area contributed by atoms with Crippen LogP contribution >= 0.6 is 0 Å². The molecule has 0 fully saturated rings. The third kappa shape index (κ3) is 9.03. The molecule has 0 saturated carbocycles. The molecule has 2 rings (SSSR count). The van der Waals surface area contributed by atoms with Crippen molar-refractivity contribution in [3.8, 4) is 11.1 Å². The van der Waals surface area contributed by atoms with Gasteiger partial charge in [0.2, 0.25) is 0 Å². The number of allylic oxidation sites excluding steroid dienone is 3. The van der Waals surface area contributed by atoms with Gasteiger partial charge >= 0.3 is 5.97 Å². The first-order valence-electron chi connectivity index (χ1n) is 9.23. The van der Waals surface area contributed by atoms with E-state index in [9.17, 15) is 4.79 Å². The molecule has 0 saturated heterocycles. The molecular formula is C24H30O2. The maximum absolute atomic E-state index is 11.2. The summed E-state index contributed by atoms with van der Waals surface area (Å²) in [5, 5.41) is 0. The molecule has 26 heavy (non-hydrogen) atoms. The van der Waals surface area contributed by atoms with Crippen LogP contribution in [0.3, 0.4) is 0 Å². The summed E-state index contributed by atoms with van der Waals surface area (Å²) in [5.41, 5.74) is 3.83. The van der Waals surface area contributed by atoms with Crippen molar-refractivity contribution in [3.63, 3.8) is 0 Å². The highest BCUT2D eigenvalue weighted by atomic mass is 16.5. The Labute approximate surface area is 158 Å². The fourth-order valence-corrected chi connectivity index (χ4v) is 2.41. The number of carbonyl (C=O) groups is 1. The zero-order valence-electron chi connectivity index (χ0n) is 16.0. The first-order chi connectivity index (χ1) is 12.7. The summed E-state index contributed by atoms with van der Waals surface area (Å²) in [6.45, 7) is 7.54. The van der Waals surface area contributed by atoms with E-state index < -0.39 is 0 Å². The lowest BCUT2D eigenvalue weighted by Crippen LogP contribution is -2.02. The molecule has 0 unspecified atom stereocenters. The standard InChI is InChI=1S/C21H24O2.C3H6/c1-2-23-21(22)13-9-4-3-6-10-18-14-16-20(17-15-18)19-11-7-5-8-12-19;1-3-2/h3-5,7-8,11-12,14-17H,2,6,9-10,13H2,1H3;3H,1H2,2H3/b4-3+;. The number of ether oxygens (including phenoxy) is 1. The summed E-state index contributed by atoms with van der Waals surface area (Å²) < 4.78 is 4.89. The monoisotopic (exact) mass is 350 g/mol. The number of carbonyl (C=O) groups excluding carboxylic acids is 1. The highest BCUT2D eigenvalue weighted by Gasteiger charge is 1.98. The van der Waals surface area contributed by atoms with Crippen LogP contribution in [0.2, 0.25) is 0 Å². The second-order valence-electron chi connectivity index (χ2n) is 5.82. The van der Waals surface area contributed by atoms with Crippen LogP contribution in [0.5, 0.6) is 0 Å². The Hall–Kier alpha value is -2.61. The topological polar surface area (TPSA) is 26.3 Å². The molecule has 0 bridgehead atoms. The number of rotatable bonds is 8. The summed E-state index contributed by atoms with van der Waals surface area (Å²) in [6, 6.07) is 19.1. The van der Waals surface area contributed by atoms with E-state index in [-0.39, 0.29) is 5.97 Å². The fraction of sp³-hybridized carbons (Fsp3) is 0.292. The van der Waals surface area contributed by atoms with Crippen LogP contribution in [0.15, 0.2) is 79.4 Å². The first-order valence-corrected chi connectivity index (χ1v) is 9.23. The maximum Gasteiger partial charge on any atom is 0.306 e. The van der Waals surface area contributed by atoms with Crippen molar-refractivity contribution in [2.24, 2.45) is 0 Å². The van der Waals surface area contributed by atoms with Crippen LogP contribution in [0, 0.1) is 0 Å². The van der Waals surface area contributed by atoms with Crippen LogP contribution in [0.4, 0.5) is 0 Å². The van der Waals surface area contributed by atoms with Crippen LogP contribution in [0.25, 0.3) is 11.1 Å². The summed E-state index contributed by atoms with van der Waals surface area (Å²) in [6.07, 6.45) is 9.19. The van der Waals surface area contributed by atoms with Crippen molar-refractivity contribution in [1.29, 1.82) is 0 Å². The van der Waals surface area contributed by atoms with E-state index >= 15 is 0 Å². The van der Waals surface area contributed by atoms with Crippen LogP contribution in [-0.2, 0) is 16.0 Å². The third-order valence-corrected chi connectivity index (χ3v) is 3.65. The van der Waals surface area contributed by atoms with E-state index in [1.54, 1.807) is 6.08 Å². The molecule has 0 atom stereocenters. The van der Waals surface area contributed by atoms with E-state index in [4.69, 9.17) is 4.74 Å². The second kappa shape index (κ2) is 13.7. The van der Waals surface area contributed by atoms with Gasteiger partial charge in [0.25, 0.3) is 0 Å². The molecule has 0 aromatic heterocycles. The van der Waals surface area contributed by atoms with E-state index in [1.165, 1.54) is 16.7 Å². The van der Waals surface area contributed by atoms with Gasteiger partial charge in [0.15, 0.2) is 0 Å². The van der Waals surface area contributed by atoms with Gasteiger partial charge in [0.05, 0.1) is 6.61 Å². The average Bonchev–Trinajstić information content (AvgIpc) is 2.67. The molecule has 0 radical (unpaired) electrons. The lowest BCUT2D eigenvalue weighted by Gasteiger charge is -2.03. The van der Waals surface area contributed by atoms with Crippen molar-refractivity contribution in [1.82, 2.24) is 0 Å². The highest BCUT2D eigenvalue weighted by Crippen LogP contribution is 2.19. The Morgan fingerprint density at radius 1 is 0.962 bits per heavy atom. The summed E-state index contributed by atoms with van der Waals surface area (Å²) >= 11 is 0. The molecular weight excluding hydrogens is 320 g/mol. The van der Waals surface area contributed by atoms with Crippen molar-refractivity contribution in [2.75, 3.05) is 6.61 Å². The molecule has 0 aliphatic rings. The Bertz CT molecular complexity index is 654. The van der Waals surface area contributed by atoms with Crippen molar-refractivity contribution in [3.05, 3.63) is 85.0 Å². The van der Waals surface area contributed by atoms with Gasteiger partial charge in [0.1, 0.15) is 0 Å². The van der Waals surface area contributed by atoms with Gasteiger partial charge in [0, 0.05) is 6.42 Å². The summed E-state index contributed by atoms with van der Waals surface area (Å²) in [4.78, 5) is 11.2. The number of aryl methyl sites for hydroxylation is 1. The van der Waals surface area contributed by atoms with E-state index in [2.05, 4.69) is 67.3 Å². The smallest absolute Gasteiger partial charge is 0.306 e. The minimum Gasteiger partial charge on any atom is -0.466 e. The highest BCUT2D eigenvalue weighted by molar-refractivity contribution is 5.69. The van der Waals surface area contributed by atoms with Gasteiger partial charge in [-0.1, -0.05) is 72.8 Å². The third-order valence-electron chi connectivity index (χ3n) is 3.65. The molecule has 0 heterocycles. The molecule has 2 aromatic rings. The number of hydrogen-bond acceptors (Lipinski definition) is 2. The minimum absolute atomic E-state index is 0.117. The van der Waals surface area contributed by atoms with E-state index in [1.807, 2.05) is 19.9 Å².